The summed E-state index contributed by atoms with van der Waals surface area (Å²) in [7, 11) is 1.28. The molecule has 0 radical (unpaired) electrons. The molecule has 14 heteroatoms. The first-order valence-corrected chi connectivity index (χ1v) is 20.4. The zero-order valence-corrected chi connectivity index (χ0v) is 36.1. The number of rotatable bonds is 10. The number of nitrogens with zero attached hydrogens (tertiary/aromatic N) is 4. The first-order chi connectivity index (χ1) is 27.8. The molecule has 2 aromatic carbocycles. The van der Waals surface area contributed by atoms with Gasteiger partial charge in [-0.3, -0.25) is 9.59 Å². The first-order valence-electron chi connectivity index (χ1n) is 20.0. The normalized spacial score (nSPS) is 14.5. The average Bonchev–Trinajstić information content (AvgIpc) is 4.07. The number of benzene rings is 2. The van der Waals surface area contributed by atoms with E-state index >= 15 is 0 Å². The number of aromatic nitrogens is 5. The van der Waals surface area contributed by atoms with Gasteiger partial charge < -0.3 is 30.2 Å². The van der Waals surface area contributed by atoms with Crippen LogP contribution in [0.1, 0.15) is 108 Å². The van der Waals surface area contributed by atoms with Gasteiger partial charge in [0.25, 0.3) is 0 Å². The van der Waals surface area contributed by atoms with Gasteiger partial charge >= 0.3 is 6.09 Å². The van der Waals surface area contributed by atoms with Crippen LogP contribution < -0.4 is 10.6 Å². The quantitative estimate of drug-likeness (QED) is 0.0806. The van der Waals surface area contributed by atoms with E-state index in [1.54, 1.807) is 17.2 Å². The van der Waals surface area contributed by atoms with Crippen molar-refractivity contribution in [2.24, 2.45) is 0 Å². The van der Waals surface area contributed by atoms with E-state index in [9.17, 15) is 14.4 Å². The number of hydrogen-bond donors (Lipinski definition) is 4. The van der Waals surface area contributed by atoms with Crippen molar-refractivity contribution >= 4 is 43.5 Å². The number of hydrogen-bond acceptors (Lipinski definition) is 7. The van der Waals surface area contributed by atoms with Gasteiger partial charge in [0.05, 0.1) is 36.9 Å². The number of carbonyl (C=O) groups is 3. The number of alkyl carbamates (subject to hydrolysis) is 1. The van der Waals surface area contributed by atoms with Crippen LogP contribution in [-0.4, -0.2) is 68.4 Å². The zero-order valence-electron chi connectivity index (χ0n) is 34.3. The summed E-state index contributed by atoms with van der Waals surface area (Å²) in [5.41, 5.74) is 7.37. The Balaban J connectivity index is 0.000000449. The lowest BCUT2D eigenvalue weighted by molar-refractivity contribution is -0.131. The predicted molar refractivity (Wildman–Crippen MR) is 237 cm³/mol. The molecule has 2 fully saturated rings. The Morgan fingerprint density at radius 2 is 1.34 bits per heavy atom. The monoisotopic (exact) mass is 830 g/mol. The van der Waals surface area contributed by atoms with Gasteiger partial charge in [-0.1, -0.05) is 120 Å². The number of likely N-dealkylation sites (tertiary alicyclic amines) is 1. The Kier molecular flexibility index (Phi) is 20.6. The van der Waals surface area contributed by atoms with Crippen LogP contribution in [0.15, 0.2) is 79.3 Å². The van der Waals surface area contributed by atoms with Gasteiger partial charge in [-0.15, -0.1) is 0 Å². The van der Waals surface area contributed by atoms with Crippen molar-refractivity contribution in [2.45, 2.75) is 97.6 Å². The highest BCUT2D eigenvalue weighted by molar-refractivity contribution is 7.59. The molecule has 1 aliphatic carbocycles. The number of methoxy groups -OCH3 is 1. The van der Waals surface area contributed by atoms with Gasteiger partial charge in [-0.05, 0) is 59.6 Å². The number of halogens is 1. The highest BCUT2D eigenvalue weighted by Gasteiger charge is 2.32. The number of aromatic amines is 2. The molecule has 1 aliphatic heterocycles. The van der Waals surface area contributed by atoms with Crippen LogP contribution in [0.3, 0.4) is 0 Å². The molecule has 0 bridgehead atoms. The fraction of sp³-hybridized carbons (Fsp3) is 0.409. The Bertz CT molecular complexity index is 1950. The molecule has 4 N–H and O–H groups in total. The minimum absolute atomic E-state index is 0. The molecule has 1 unspecified atom stereocenters. The molecule has 58 heavy (non-hydrogen) atoms. The average molecular weight is 832 g/mol. The van der Waals surface area contributed by atoms with Crippen molar-refractivity contribution in [3.8, 4) is 33.6 Å². The predicted octanol–water partition coefficient (Wildman–Crippen LogP) is 9.74. The maximum absolute atomic E-state index is 12.7. The van der Waals surface area contributed by atoms with E-state index in [2.05, 4.69) is 97.7 Å². The fourth-order valence-corrected chi connectivity index (χ4v) is 6.86. The summed E-state index contributed by atoms with van der Waals surface area (Å²) in [6, 6.07) is 20.4. The van der Waals surface area contributed by atoms with Gasteiger partial charge in [-0.25, -0.2) is 19.7 Å². The summed E-state index contributed by atoms with van der Waals surface area (Å²) in [6.07, 6.45) is 14.8. The van der Waals surface area contributed by atoms with Crippen LogP contribution in [0.25, 0.3) is 33.6 Å². The number of amides is 3. The highest BCUT2D eigenvalue weighted by Crippen LogP contribution is 2.34. The van der Waals surface area contributed by atoms with Crippen LogP contribution in [0.5, 0.6) is 0 Å². The number of ether oxygens (including phenoxy) is 1. The first kappa shape index (κ1) is 47.2. The molecule has 0 spiro atoms. The summed E-state index contributed by atoms with van der Waals surface area (Å²) in [5.74, 6) is 2.30. The third-order valence-corrected chi connectivity index (χ3v) is 9.77. The van der Waals surface area contributed by atoms with Crippen LogP contribution >= 0.6 is 25.1 Å². The van der Waals surface area contributed by atoms with E-state index < -0.39 is 6.09 Å². The molecular weight excluding hydrogens is 772 g/mol. The molecule has 1 atom stereocenters. The summed E-state index contributed by atoms with van der Waals surface area (Å²) in [5, 5.41) is 5.45. The van der Waals surface area contributed by atoms with Gasteiger partial charge in [-0.2, -0.15) is 13.5 Å². The van der Waals surface area contributed by atoms with Crippen LogP contribution in [0, 0.1) is 0 Å². The van der Waals surface area contributed by atoms with E-state index in [-0.39, 0.29) is 32.0 Å². The largest absolute Gasteiger partial charge is 0.453 e. The van der Waals surface area contributed by atoms with Gasteiger partial charge in [0.2, 0.25) is 12.3 Å². The number of H-pyrrole nitrogens is 2. The third kappa shape index (κ3) is 13.8. The molecule has 312 valence electrons. The molecule has 3 aromatic heterocycles. The molecule has 7 rings (SSSR count). The Labute approximate surface area is 354 Å². The van der Waals surface area contributed by atoms with Gasteiger partial charge in [0.1, 0.15) is 23.3 Å². The number of carbonyl (C=O) groups excluding carboxylic acids is 3. The molecule has 12 nitrogen and oxygen atoms in total. The second-order valence-electron chi connectivity index (χ2n) is 13.6. The van der Waals surface area contributed by atoms with Crippen LogP contribution in [-0.2, 0) is 20.9 Å². The summed E-state index contributed by atoms with van der Waals surface area (Å²) >= 11 is 5.54. The van der Waals surface area contributed by atoms with Crippen molar-refractivity contribution < 1.29 is 19.1 Å². The minimum atomic E-state index is -0.616. The molecular formula is C44H59ClN8O4S. The maximum Gasteiger partial charge on any atom is 0.407 e. The highest BCUT2D eigenvalue weighted by atomic mass is 35.5. The van der Waals surface area contributed by atoms with Crippen molar-refractivity contribution in [3.05, 3.63) is 102 Å². The van der Waals surface area contributed by atoms with Gasteiger partial charge in [0.15, 0.2) is 0 Å². The van der Waals surface area contributed by atoms with Crippen molar-refractivity contribution in [1.82, 2.24) is 40.5 Å². The standard InChI is InChI=1S/C32H36N6O3.C7H7ClN2O.C3H8.C2H6.H2S/c1-41-32(40)35-20-29(39)38-17-5-8-28(38)31-34-19-27(37-31)24-15-11-22(12-16-24)21-9-13-23(14-10-21)26-18-33-30(36-26)25-6-3-2-4-7-25;8-7-2-1-6(4-10-7)3-9-5-11;1-3-2;1-2;/h9-16,18-19,25,28H,2-8,17,20H2,1H3,(H,33,36)(H,34,37)(H,35,40);1-2,4-5H,3H2,(H,9,11);3H2,1-2H3;1-2H3;1H2. The lowest BCUT2D eigenvalue weighted by Gasteiger charge is -2.23. The number of imidazole rings is 2. The molecule has 2 aliphatic rings. The Hall–Kier alpha value is -5.14. The molecule has 1 saturated carbocycles. The second kappa shape index (κ2) is 25.3. The van der Waals surface area contributed by atoms with E-state index in [0.717, 1.165) is 63.7 Å². The molecule has 5 aromatic rings. The fourth-order valence-electron chi connectivity index (χ4n) is 6.75. The van der Waals surface area contributed by atoms with E-state index in [1.165, 1.54) is 45.6 Å². The molecule has 1 saturated heterocycles. The maximum atomic E-state index is 12.7. The van der Waals surface area contributed by atoms with E-state index in [0.29, 0.717) is 30.6 Å². The van der Waals surface area contributed by atoms with Crippen molar-refractivity contribution in [1.29, 1.82) is 0 Å². The smallest absolute Gasteiger partial charge is 0.407 e. The Morgan fingerprint density at radius 1 is 0.793 bits per heavy atom. The van der Waals surface area contributed by atoms with Crippen LogP contribution in [0.2, 0.25) is 5.15 Å². The summed E-state index contributed by atoms with van der Waals surface area (Å²) in [4.78, 5) is 55.8. The molecule has 4 heterocycles. The van der Waals surface area contributed by atoms with Gasteiger partial charge in [0, 0.05) is 25.2 Å². The number of pyridine rings is 1. The summed E-state index contributed by atoms with van der Waals surface area (Å²) < 4.78 is 4.56. The van der Waals surface area contributed by atoms with Crippen molar-refractivity contribution in [2.75, 3.05) is 20.2 Å². The third-order valence-electron chi connectivity index (χ3n) is 9.54. The van der Waals surface area contributed by atoms with E-state index in [4.69, 9.17) is 16.6 Å². The summed E-state index contributed by atoms with van der Waals surface area (Å²) in [6.45, 7) is 9.29. The number of nitrogens with one attached hydrogen (secondary N) is 4. The van der Waals surface area contributed by atoms with Crippen LogP contribution in [0.4, 0.5) is 4.79 Å². The Morgan fingerprint density at radius 3 is 1.88 bits per heavy atom. The molecule has 3 amide bonds. The minimum Gasteiger partial charge on any atom is -0.453 e. The second-order valence-corrected chi connectivity index (χ2v) is 14.0. The topological polar surface area (TPSA) is 158 Å². The van der Waals surface area contributed by atoms with Crippen molar-refractivity contribution in [3.63, 3.8) is 0 Å². The van der Waals surface area contributed by atoms with E-state index in [1.807, 2.05) is 32.3 Å². The lowest BCUT2D eigenvalue weighted by Crippen LogP contribution is -2.40. The zero-order chi connectivity index (χ0) is 41.0. The SMILES string of the molecule is CC.CCC.COC(=O)NCC(=O)N1CCCC1c1ncc(-c2ccc(-c3ccc(-c4cnc(C5CCCCC5)[nH]4)cc3)cc2)[nH]1.O=CNCc1ccc(Cl)nc1.S. The lowest BCUT2D eigenvalue weighted by atomic mass is 9.89.